The summed E-state index contributed by atoms with van der Waals surface area (Å²) < 4.78 is 41.1. The molecule has 0 aliphatic rings. The molecule has 0 bridgehead atoms. The standard InChI is InChI=1S/C18H13F3N4O2/c19-13-7-12(8-14(20)17(13)21)15-4-5-16(26)25(23-15)9-10-2-1-3-11(6-10)18(22)24-27/h1-8,27H,9H2,(H2,22,24). The molecule has 0 spiro atoms. The molecule has 138 valence electrons. The van der Waals surface area contributed by atoms with Gasteiger partial charge in [-0.05, 0) is 29.8 Å². The lowest BCUT2D eigenvalue weighted by molar-refractivity contribution is 0.318. The second kappa shape index (κ2) is 7.32. The molecule has 3 rings (SSSR count). The minimum atomic E-state index is -1.58. The average Bonchev–Trinajstić information content (AvgIpc) is 2.67. The molecule has 0 saturated heterocycles. The fraction of sp³-hybridized carbons (Fsp3) is 0.0556. The molecule has 3 N–H and O–H groups in total. The summed E-state index contributed by atoms with van der Waals surface area (Å²) in [5.41, 5.74) is 6.25. The highest BCUT2D eigenvalue weighted by atomic mass is 19.2. The van der Waals surface area contributed by atoms with Gasteiger partial charge >= 0.3 is 0 Å². The van der Waals surface area contributed by atoms with Gasteiger partial charge in [0.15, 0.2) is 23.3 Å². The van der Waals surface area contributed by atoms with Crippen LogP contribution >= 0.6 is 0 Å². The number of hydrogen-bond acceptors (Lipinski definition) is 4. The largest absolute Gasteiger partial charge is 0.409 e. The third-order valence-corrected chi connectivity index (χ3v) is 3.81. The van der Waals surface area contributed by atoms with Gasteiger partial charge in [-0.15, -0.1) is 0 Å². The summed E-state index contributed by atoms with van der Waals surface area (Å²) in [6.45, 7) is 0.0331. The molecule has 0 saturated carbocycles. The monoisotopic (exact) mass is 374 g/mol. The van der Waals surface area contributed by atoms with Gasteiger partial charge in [0, 0.05) is 17.2 Å². The normalized spacial score (nSPS) is 11.6. The quantitative estimate of drug-likeness (QED) is 0.241. The van der Waals surface area contributed by atoms with Crippen molar-refractivity contribution in [2.45, 2.75) is 6.54 Å². The molecule has 9 heteroatoms. The molecular formula is C18H13F3N4O2. The van der Waals surface area contributed by atoms with Crippen molar-refractivity contribution in [3.05, 3.63) is 87.5 Å². The first-order chi connectivity index (χ1) is 12.9. The molecule has 3 aromatic rings. The number of amidine groups is 1. The Bertz CT molecular complexity index is 1070. The minimum Gasteiger partial charge on any atom is -0.409 e. The van der Waals surface area contributed by atoms with Gasteiger partial charge < -0.3 is 10.9 Å². The van der Waals surface area contributed by atoms with Gasteiger partial charge in [-0.1, -0.05) is 23.4 Å². The Morgan fingerprint density at radius 2 is 1.81 bits per heavy atom. The van der Waals surface area contributed by atoms with Crippen molar-refractivity contribution in [2.24, 2.45) is 10.9 Å². The van der Waals surface area contributed by atoms with Crippen molar-refractivity contribution in [3.8, 4) is 11.3 Å². The van der Waals surface area contributed by atoms with E-state index in [0.717, 1.165) is 16.8 Å². The van der Waals surface area contributed by atoms with Gasteiger partial charge in [-0.25, -0.2) is 17.9 Å². The molecule has 0 radical (unpaired) electrons. The van der Waals surface area contributed by atoms with E-state index < -0.39 is 23.0 Å². The maximum atomic E-state index is 13.5. The summed E-state index contributed by atoms with van der Waals surface area (Å²) in [6.07, 6.45) is 0. The Morgan fingerprint density at radius 3 is 2.48 bits per heavy atom. The maximum absolute atomic E-state index is 13.5. The first-order valence-electron chi connectivity index (χ1n) is 7.69. The summed E-state index contributed by atoms with van der Waals surface area (Å²) in [5.74, 6) is -4.37. The fourth-order valence-corrected chi connectivity index (χ4v) is 2.48. The van der Waals surface area contributed by atoms with Gasteiger partial charge in [-0.2, -0.15) is 5.10 Å². The lowest BCUT2D eigenvalue weighted by atomic mass is 10.1. The zero-order valence-corrected chi connectivity index (χ0v) is 13.7. The van der Waals surface area contributed by atoms with Crippen molar-refractivity contribution in [1.82, 2.24) is 9.78 Å². The van der Waals surface area contributed by atoms with Crippen LogP contribution in [0.5, 0.6) is 0 Å². The Hall–Kier alpha value is -3.62. The van der Waals surface area contributed by atoms with Gasteiger partial charge in [0.05, 0.1) is 12.2 Å². The van der Waals surface area contributed by atoms with Crippen molar-refractivity contribution < 1.29 is 18.4 Å². The van der Waals surface area contributed by atoms with E-state index >= 15 is 0 Å². The Morgan fingerprint density at radius 1 is 1.11 bits per heavy atom. The predicted molar refractivity (Wildman–Crippen MR) is 91.9 cm³/mol. The van der Waals surface area contributed by atoms with E-state index in [1.165, 1.54) is 12.1 Å². The Balaban J connectivity index is 1.99. The molecule has 6 nitrogen and oxygen atoms in total. The number of aromatic nitrogens is 2. The van der Waals surface area contributed by atoms with E-state index in [0.29, 0.717) is 11.1 Å². The third kappa shape index (κ3) is 3.81. The fourth-order valence-electron chi connectivity index (χ4n) is 2.48. The SMILES string of the molecule is NC(=NO)c1cccc(Cn2nc(-c3cc(F)c(F)c(F)c3)ccc2=O)c1. The number of hydrogen-bond donors (Lipinski definition) is 2. The Kier molecular flexibility index (Phi) is 4.93. The van der Waals surface area contributed by atoms with E-state index in [2.05, 4.69) is 10.3 Å². The highest BCUT2D eigenvalue weighted by Gasteiger charge is 2.13. The molecule has 0 aliphatic carbocycles. The summed E-state index contributed by atoms with van der Waals surface area (Å²) >= 11 is 0. The number of nitrogens with two attached hydrogens (primary N) is 1. The Labute approximate surface area is 151 Å². The van der Waals surface area contributed by atoms with Crippen LogP contribution in [0.15, 0.2) is 58.5 Å². The van der Waals surface area contributed by atoms with Crippen molar-refractivity contribution in [1.29, 1.82) is 0 Å². The molecule has 0 unspecified atom stereocenters. The van der Waals surface area contributed by atoms with Crippen LogP contribution in [0.25, 0.3) is 11.3 Å². The van der Waals surface area contributed by atoms with Crippen LogP contribution in [0.2, 0.25) is 0 Å². The van der Waals surface area contributed by atoms with Crippen LogP contribution in [0.4, 0.5) is 13.2 Å². The zero-order chi connectivity index (χ0) is 19.6. The van der Waals surface area contributed by atoms with Crippen molar-refractivity contribution >= 4 is 5.84 Å². The maximum Gasteiger partial charge on any atom is 0.267 e. The summed E-state index contributed by atoms with van der Waals surface area (Å²) in [4.78, 5) is 12.1. The number of rotatable bonds is 4. The average molecular weight is 374 g/mol. The molecule has 2 aromatic carbocycles. The molecule has 1 heterocycles. The molecule has 0 fully saturated rings. The summed E-state index contributed by atoms with van der Waals surface area (Å²) in [6, 6.07) is 10.7. The van der Waals surface area contributed by atoms with Crippen molar-refractivity contribution in [2.75, 3.05) is 0 Å². The summed E-state index contributed by atoms with van der Waals surface area (Å²) in [7, 11) is 0. The zero-order valence-electron chi connectivity index (χ0n) is 13.7. The second-order valence-corrected chi connectivity index (χ2v) is 5.65. The van der Waals surface area contributed by atoms with Crippen LogP contribution in [0.3, 0.4) is 0 Å². The summed E-state index contributed by atoms with van der Waals surface area (Å²) in [5, 5.41) is 15.7. The smallest absolute Gasteiger partial charge is 0.267 e. The molecule has 27 heavy (non-hydrogen) atoms. The number of oxime groups is 1. The number of benzene rings is 2. The number of halogens is 3. The van der Waals surface area contributed by atoms with E-state index in [4.69, 9.17) is 10.9 Å². The predicted octanol–water partition coefficient (Wildman–Crippen LogP) is 2.47. The molecule has 0 amide bonds. The molecule has 0 aliphatic heterocycles. The van der Waals surface area contributed by atoms with E-state index in [1.54, 1.807) is 24.3 Å². The van der Waals surface area contributed by atoms with Crippen LogP contribution in [0, 0.1) is 17.5 Å². The number of nitrogens with zero attached hydrogens (tertiary/aromatic N) is 3. The van der Waals surface area contributed by atoms with Crippen LogP contribution < -0.4 is 11.3 Å². The van der Waals surface area contributed by atoms with Crippen LogP contribution in [-0.2, 0) is 6.54 Å². The van der Waals surface area contributed by atoms with Crippen LogP contribution in [0.1, 0.15) is 11.1 Å². The minimum absolute atomic E-state index is 0.00874. The second-order valence-electron chi connectivity index (χ2n) is 5.65. The van der Waals surface area contributed by atoms with Gasteiger partial charge in [-0.3, -0.25) is 4.79 Å². The molecule has 1 aromatic heterocycles. The van der Waals surface area contributed by atoms with Gasteiger partial charge in [0.1, 0.15) is 0 Å². The lowest BCUT2D eigenvalue weighted by Gasteiger charge is -2.09. The van der Waals surface area contributed by atoms with E-state index in [1.807, 2.05) is 0 Å². The first kappa shape index (κ1) is 18.2. The van der Waals surface area contributed by atoms with Crippen molar-refractivity contribution in [3.63, 3.8) is 0 Å². The molecular weight excluding hydrogens is 361 g/mol. The lowest BCUT2D eigenvalue weighted by Crippen LogP contribution is -2.23. The van der Waals surface area contributed by atoms with E-state index in [-0.39, 0.29) is 23.6 Å². The van der Waals surface area contributed by atoms with E-state index in [9.17, 15) is 18.0 Å². The molecule has 0 atom stereocenters. The third-order valence-electron chi connectivity index (χ3n) is 3.81. The van der Waals surface area contributed by atoms with Gasteiger partial charge in [0.25, 0.3) is 5.56 Å². The topological polar surface area (TPSA) is 93.5 Å². The van der Waals surface area contributed by atoms with Crippen LogP contribution in [-0.4, -0.2) is 20.8 Å². The first-order valence-corrected chi connectivity index (χ1v) is 7.69. The van der Waals surface area contributed by atoms with Gasteiger partial charge in [0.2, 0.25) is 0 Å². The highest BCUT2D eigenvalue weighted by Crippen LogP contribution is 2.21. The highest BCUT2D eigenvalue weighted by molar-refractivity contribution is 5.97.